The number of aromatic nitrogens is 2. The molecule has 0 radical (unpaired) electrons. The van der Waals surface area contributed by atoms with E-state index in [0.29, 0.717) is 6.42 Å². The number of aliphatic carboxylic acids is 1. The first-order valence-electron chi connectivity index (χ1n) is 12.9. The summed E-state index contributed by atoms with van der Waals surface area (Å²) in [6, 6.07) is 2.87. The molecule has 1 unspecified atom stereocenters. The van der Waals surface area contributed by atoms with Gasteiger partial charge in [0.05, 0.1) is 56.6 Å². The van der Waals surface area contributed by atoms with E-state index < -0.39 is 64.3 Å². The molecule has 2 heterocycles. The van der Waals surface area contributed by atoms with Gasteiger partial charge in [-0.2, -0.15) is 18.3 Å². The fourth-order valence-electron chi connectivity index (χ4n) is 5.48. The van der Waals surface area contributed by atoms with Crippen LogP contribution in [0.1, 0.15) is 91.7 Å². The predicted molar refractivity (Wildman–Crippen MR) is 141 cm³/mol. The van der Waals surface area contributed by atoms with Crippen LogP contribution in [0.3, 0.4) is 0 Å². The van der Waals surface area contributed by atoms with Crippen LogP contribution in [0.15, 0.2) is 24.4 Å². The number of nitrogens with one attached hydrogen (secondary N) is 1. The highest BCUT2D eigenvalue weighted by atomic mass is 35.5. The Bertz CT molecular complexity index is 1290. The average molecular weight is 604 g/mol. The van der Waals surface area contributed by atoms with Crippen molar-refractivity contribution in [1.82, 2.24) is 15.1 Å². The number of hydrogen-bond acceptors (Lipinski definition) is 5. The molecule has 0 spiro atoms. The van der Waals surface area contributed by atoms with Crippen LogP contribution >= 0.6 is 23.2 Å². The molecule has 1 aromatic carbocycles. The van der Waals surface area contributed by atoms with Crippen LogP contribution in [0.4, 0.5) is 13.2 Å². The molecule has 2 atom stereocenters. The van der Waals surface area contributed by atoms with Gasteiger partial charge in [-0.25, -0.2) is 0 Å². The van der Waals surface area contributed by atoms with Crippen molar-refractivity contribution in [2.24, 2.45) is 5.41 Å². The van der Waals surface area contributed by atoms with Gasteiger partial charge in [0.15, 0.2) is 11.5 Å². The number of rotatable bonds is 8. The molecule has 2 N–H and O–H groups in total. The van der Waals surface area contributed by atoms with Crippen molar-refractivity contribution in [3.63, 3.8) is 0 Å². The van der Waals surface area contributed by atoms with Crippen molar-refractivity contribution in [1.29, 1.82) is 0 Å². The summed E-state index contributed by atoms with van der Waals surface area (Å²) < 4.78 is 49.5. The van der Waals surface area contributed by atoms with Crippen molar-refractivity contribution < 1.29 is 37.4 Å². The summed E-state index contributed by atoms with van der Waals surface area (Å²) in [5.41, 5.74) is -3.40. The highest BCUT2D eigenvalue weighted by Gasteiger charge is 2.46. The first-order valence-corrected chi connectivity index (χ1v) is 13.6. The average Bonchev–Trinajstić information content (AvgIpc) is 3.28. The van der Waals surface area contributed by atoms with E-state index in [-0.39, 0.29) is 47.7 Å². The zero-order chi connectivity index (χ0) is 29.6. The van der Waals surface area contributed by atoms with Gasteiger partial charge < -0.3 is 15.2 Å². The van der Waals surface area contributed by atoms with Crippen molar-refractivity contribution in [2.75, 3.05) is 0 Å². The van der Waals surface area contributed by atoms with Gasteiger partial charge in [-0.05, 0) is 58.6 Å². The number of carboxylic acid groups (broad SMARTS) is 1. The quantitative estimate of drug-likeness (QED) is 0.340. The van der Waals surface area contributed by atoms with E-state index in [0.717, 1.165) is 10.9 Å². The molecule has 1 saturated carbocycles. The van der Waals surface area contributed by atoms with Crippen molar-refractivity contribution >= 4 is 40.9 Å². The summed E-state index contributed by atoms with van der Waals surface area (Å²) >= 11 is 12.3. The van der Waals surface area contributed by atoms with Crippen molar-refractivity contribution in [3.8, 4) is 0 Å². The van der Waals surface area contributed by atoms with E-state index >= 15 is 0 Å². The molecule has 1 aromatic heterocycles. The van der Waals surface area contributed by atoms with Crippen LogP contribution in [-0.4, -0.2) is 50.3 Å². The van der Waals surface area contributed by atoms with E-state index in [9.17, 15) is 32.7 Å². The summed E-state index contributed by atoms with van der Waals surface area (Å²) in [7, 11) is 0. The van der Waals surface area contributed by atoms with Crippen LogP contribution in [0, 0.1) is 5.41 Å². The molecule has 0 bridgehead atoms. The van der Waals surface area contributed by atoms with Gasteiger partial charge >= 0.3 is 12.1 Å². The number of nitrogens with zero attached hydrogens (tertiary/aromatic N) is 2. The smallest absolute Gasteiger partial charge is 0.433 e. The molecule has 40 heavy (non-hydrogen) atoms. The molecule has 1 saturated heterocycles. The van der Waals surface area contributed by atoms with E-state index in [2.05, 4.69) is 10.4 Å². The number of alkyl halides is 3. The third kappa shape index (κ3) is 6.16. The molecular weight excluding hydrogens is 574 g/mol. The van der Waals surface area contributed by atoms with Crippen LogP contribution in [0.25, 0.3) is 0 Å². The monoisotopic (exact) mass is 603 g/mol. The molecule has 1 aliphatic carbocycles. The van der Waals surface area contributed by atoms with E-state index in [1.165, 1.54) is 12.1 Å². The Kier molecular flexibility index (Phi) is 8.33. The number of benzene rings is 1. The normalized spacial score (nSPS) is 25.1. The van der Waals surface area contributed by atoms with Gasteiger partial charge in [0, 0.05) is 12.8 Å². The topological polar surface area (TPSA) is 111 Å². The Hall–Kier alpha value is -2.63. The maximum atomic E-state index is 14.3. The van der Waals surface area contributed by atoms with Gasteiger partial charge in [-0.3, -0.25) is 19.1 Å². The predicted octanol–water partition coefficient (Wildman–Crippen LogP) is 6.35. The third-order valence-corrected chi connectivity index (χ3v) is 8.43. The van der Waals surface area contributed by atoms with Crippen LogP contribution in [-0.2, 0) is 15.7 Å². The van der Waals surface area contributed by atoms with Gasteiger partial charge in [-0.1, -0.05) is 29.3 Å². The minimum absolute atomic E-state index is 0.0538. The second-order valence-corrected chi connectivity index (χ2v) is 12.2. The van der Waals surface area contributed by atoms with Crippen molar-refractivity contribution in [2.45, 2.75) is 89.3 Å². The standard InChI is InChI=1S/C27H30Cl2F3N3O5/c1-25(2)12-20(40-25)18(11-19(36)21-16(28)5-4-6-17(21)29)34-23(37)15-13-33-35(22(15)27(30,31)32)14-7-9-26(3,10-8-14)24(38)39/h4-6,13-14,18,20H,7-12H2,1-3H3,(H,34,37)(H,38,39)/t14?,18?,20-,26?/m0/s1. The fourth-order valence-corrected chi connectivity index (χ4v) is 6.09. The number of carboxylic acids is 1. The largest absolute Gasteiger partial charge is 0.481 e. The molecule has 2 fully saturated rings. The van der Waals surface area contributed by atoms with E-state index in [1.807, 2.05) is 13.8 Å². The first kappa shape index (κ1) is 30.3. The number of amides is 1. The molecule has 218 valence electrons. The second kappa shape index (κ2) is 11.0. The lowest BCUT2D eigenvalue weighted by molar-refractivity contribution is -0.194. The lowest BCUT2D eigenvalue weighted by Crippen LogP contribution is -2.57. The Morgan fingerprint density at radius 1 is 1.18 bits per heavy atom. The number of ketones is 1. The summed E-state index contributed by atoms with van der Waals surface area (Å²) in [5.74, 6) is -2.55. The van der Waals surface area contributed by atoms with E-state index in [1.54, 1.807) is 13.0 Å². The maximum Gasteiger partial charge on any atom is 0.433 e. The Morgan fingerprint density at radius 2 is 1.75 bits per heavy atom. The molecule has 8 nitrogen and oxygen atoms in total. The Labute approximate surface area is 239 Å². The molecule has 2 aromatic rings. The molecule has 2 aliphatic rings. The van der Waals surface area contributed by atoms with Crippen LogP contribution in [0.5, 0.6) is 0 Å². The zero-order valence-electron chi connectivity index (χ0n) is 22.1. The Balaban J connectivity index is 1.59. The number of halogens is 5. The number of hydrogen-bond donors (Lipinski definition) is 2. The first-order chi connectivity index (χ1) is 18.5. The number of carbonyl (C=O) groups is 3. The molecule has 13 heteroatoms. The summed E-state index contributed by atoms with van der Waals surface area (Å²) in [6.07, 6.45) is -3.85. The Morgan fingerprint density at radius 3 is 2.25 bits per heavy atom. The fraction of sp³-hybridized carbons (Fsp3) is 0.556. The van der Waals surface area contributed by atoms with Gasteiger partial charge in [-0.15, -0.1) is 0 Å². The molecule has 1 amide bonds. The summed E-state index contributed by atoms with van der Waals surface area (Å²) in [6.45, 7) is 5.21. The van der Waals surface area contributed by atoms with Crippen LogP contribution in [0.2, 0.25) is 10.0 Å². The third-order valence-electron chi connectivity index (χ3n) is 7.80. The second-order valence-electron chi connectivity index (χ2n) is 11.4. The summed E-state index contributed by atoms with van der Waals surface area (Å²) in [4.78, 5) is 38.0. The lowest BCUT2D eigenvalue weighted by atomic mass is 9.74. The molecular formula is C27H30Cl2F3N3O5. The lowest BCUT2D eigenvalue weighted by Gasteiger charge is -2.46. The van der Waals surface area contributed by atoms with E-state index in [4.69, 9.17) is 27.9 Å². The highest BCUT2D eigenvalue weighted by molar-refractivity contribution is 6.39. The van der Waals surface area contributed by atoms with Gasteiger partial charge in [0.2, 0.25) is 0 Å². The SMILES string of the molecule is CC1(C)C[C@@H](C(CC(=O)c2c(Cl)cccc2Cl)NC(=O)c2cnn(C3CCC(C)(C(=O)O)CC3)c2C(F)(F)F)O1. The van der Waals surface area contributed by atoms with Crippen molar-refractivity contribution in [3.05, 3.63) is 51.3 Å². The van der Waals surface area contributed by atoms with Gasteiger partial charge in [0.25, 0.3) is 5.91 Å². The number of ether oxygens (including phenoxy) is 1. The minimum atomic E-state index is -4.91. The number of carbonyl (C=O) groups excluding carboxylic acids is 2. The summed E-state index contributed by atoms with van der Waals surface area (Å²) in [5, 5.41) is 16.2. The zero-order valence-corrected chi connectivity index (χ0v) is 23.7. The molecule has 4 rings (SSSR count). The number of Topliss-reactive ketones (excluding diaryl/α,β-unsaturated/α-hetero) is 1. The minimum Gasteiger partial charge on any atom is -0.481 e. The van der Waals surface area contributed by atoms with Crippen LogP contribution < -0.4 is 5.32 Å². The van der Waals surface area contributed by atoms with Gasteiger partial charge in [0.1, 0.15) is 0 Å². The molecule has 1 aliphatic heterocycles. The highest BCUT2D eigenvalue weighted by Crippen LogP contribution is 2.43. The maximum absolute atomic E-state index is 14.3.